The maximum absolute atomic E-state index is 12.0. The minimum absolute atomic E-state index is 0.246. The Morgan fingerprint density at radius 2 is 2.10 bits per heavy atom. The Kier molecular flexibility index (Phi) is 4.80. The zero-order chi connectivity index (χ0) is 15.4. The highest BCUT2D eigenvalue weighted by Crippen LogP contribution is 2.06. The predicted octanol–water partition coefficient (Wildman–Crippen LogP) is 0.788. The van der Waals surface area contributed by atoms with Crippen LogP contribution >= 0.6 is 0 Å². The molecule has 2 aromatic rings. The van der Waals surface area contributed by atoms with E-state index in [-0.39, 0.29) is 17.3 Å². The Hall–Kier alpha value is -2.08. The first kappa shape index (κ1) is 15.3. The van der Waals surface area contributed by atoms with Crippen LogP contribution in [0.4, 0.5) is 0 Å². The number of furan rings is 1. The van der Waals surface area contributed by atoms with Gasteiger partial charge in [-0.25, -0.2) is 4.79 Å². The molecule has 1 N–H and O–H groups in total. The van der Waals surface area contributed by atoms with Crippen LogP contribution < -0.4 is 16.6 Å². The van der Waals surface area contributed by atoms with Crippen molar-refractivity contribution in [3.8, 4) is 0 Å². The lowest BCUT2D eigenvalue weighted by molar-refractivity contribution is 0.458. The van der Waals surface area contributed by atoms with Gasteiger partial charge in [0.05, 0.1) is 6.26 Å². The average molecular weight is 291 g/mol. The third kappa shape index (κ3) is 3.72. The van der Waals surface area contributed by atoms with Gasteiger partial charge in [-0.3, -0.25) is 9.36 Å². The largest absolute Gasteiger partial charge is 0.469 e. The number of hydrogen-bond donors (Lipinski definition) is 1. The van der Waals surface area contributed by atoms with E-state index in [9.17, 15) is 9.59 Å². The molecule has 21 heavy (non-hydrogen) atoms. The van der Waals surface area contributed by atoms with Gasteiger partial charge in [-0.1, -0.05) is 0 Å². The normalized spacial score (nSPS) is 12.5. The van der Waals surface area contributed by atoms with Crippen LogP contribution in [-0.4, -0.2) is 15.2 Å². The van der Waals surface area contributed by atoms with Gasteiger partial charge in [-0.05, 0) is 25.5 Å². The van der Waals surface area contributed by atoms with Crippen molar-refractivity contribution in [3.63, 3.8) is 0 Å². The summed E-state index contributed by atoms with van der Waals surface area (Å²) in [6, 6.07) is 4.08. The van der Waals surface area contributed by atoms with E-state index in [1.807, 2.05) is 12.1 Å². The van der Waals surface area contributed by atoms with Gasteiger partial charge in [0.1, 0.15) is 5.76 Å². The summed E-state index contributed by atoms with van der Waals surface area (Å²) < 4.78 is 7.84. The summed E-state index contributed by atoms with van der Waals surface area (Å²) in [7, 11) is 3.14. The highest BCUT2D eigenvalue weighted by atomic mass is 16.3. The topological polar surface area (TPSA) is 69.2 Å². The van der Waals surface area contributed by atoms with Crippen molar-refractivity contribution in [1.82, 2.24) is 14.5 Å². The van der Waals surface area contributed by atoms with Gasteiger partial charge < -0.3 is 14.3 Å². The zero-order valence-electron chi connectivity index (χ0n) is 12.6. The molecule has 0 amide bonds. The molecule has 0 radical (unpaired) electrons. The fraction of sp³-hybridized carbons (Fsp3) is 0.467. The molecule has 6 heteroatoms. The predicted molar refractivity (Wildman–Crippen MR) is 80.3 cm³/mol. The highest BCUT2D eigenvalue weighted by Gasteiger charge is 2.09. The second kappa shape index (κ2) is 6.58. The van der Waals surface area contributed by atoms with Crippen molar-refractivity contribution < 1.29 is 4.42 Å². The molecular weight excluding hydrogens is 270 g/mol. The van der Waals surface area contributed by atoms with Crippen molar-refractivity contribution in [1.29, 1.82) is 0 Å². The second-order valence-electron chi connectivity index (χ2n) is 5.31. The van der Waals surface area contributed by atoms with E-state index in [0.29, 0.717) is 12.1 Å². The van der Waals surface area contributed by atoms with Crippen LogP contribution in [0.3, 0.4) is 0 Å². The van der Waals surface area contributed by atoms with Crippen LogP contribution in [0.25, 0.3) is 0 Å². The number of aromatic nitrogens is 2. The molecule has 6 nitrogen and oxygen atoms in total. The van der Waals surface area contributed by atoms with Crippen molar-refractivity contribution in [2.24, 2.45) is 14.1 Å². The zero-order valence-corrected chi connectivity index (χ0v) is 12.6. The van der Waals surface area contributed by atoms with Gasteiger partial charge in [0, 0.05) is 44.9 Å². The molecule has 1 unspecified atom stereocenters. The monoisotopic (exact) mass is 291 g/mol. The van der Waals surface area contributed by atoms with Crippen molar-refractivity contribution in [2.45, 2.75) is 32.4 Å². The summed E-state index contributed by atoms with van der Waals surface area (Å²) in [5.74, 6) is 0.960. The van der Waals surface area contributed by atoms with Crippen LogP contribution in [0.2, 0.25) is 0 Å². The molecule has 0 fully saturated rings. The van der Waals surface area contributed by atoms with Gasteiger partial charge in [0.15, 0.2) is 0 Å². The molecule has 2 rings (SSSR count). The fourth-order valence-corrected chi connectivity index (χ4v) is 2.20. The Bertz CT molecular complexity index is 698. The molecule has 0 saturated carbocycles. The van der Waals surface area contributed by atoms with E-state index >= 15 is 0 Å². The van der Waals surface area contributed by atoms with Gasteiger partial charge >= 0.3 is 5.69 Å². The third-order valence-electron chi connectivity index (χ3n) is 3.56. The van der Waals surface area contributed by atoms with E-state index in [0.717, 1.165) is 23.2 Å². The van der Waals surface area contributed by atoms with Crippen molar-refractivity contribution >= 4 is 0 Å². The van der Waals surface area contributed by atoms with Gasteiger partial charge in [-0.2, -0.15) is 0 Å². The number of rotatable bonds is 6. The van der Waals surface area contributed by atoms with Gasteiger partial charge in [0.2, 0.25) is 0 Å². The summed E-state index contributed by atoms with van der Waals surface area (Å²) >= 11 is 0. The molecule has 0 aliphatic heterocycles. The minimum Gasteiger partial charge on any atom is -0.469 e. The molecule has 0 aromatic carbocycles. The Balaban J connectivity index is 1.94. The summed E-state index contributed by atoms with van der Waals surface area (Å²) in [5, 5.41) is 3.31. The van der Waals surface area contributed by atoms with E-state index in [1.54, 1.807) is 19.5 Å². The Labute approximate surface area is 123 Å². The van der Waals surface area contributed by atoms with Crippen LogP contribution in [0.1, 0.15) is 24.7 Å². The lowest BCUT2D eigenvalue weighted by Gasteiger charge is -2.13. The first-order valence-electron chi connectivity index (χ1n) is 7.00. The van der Waals surface area contributed by atoms with Gasteiger partial charge in [0.25, 0.3) is 5.56 Å². The van der Waals surface area contributed by atoms with E-state index in [2.05, 4.69) is 12.2 Å². The molecule has 0 spiro atoms. The first-order chi connectivity index (χ1) is 9.99. The quantitative estimate of drug-likeness (QED) is 0.854. The third-order valence-corrected chi connectivity index (χ3v) is 3.56. The first-order valence-corrected chi connectivity index (χ1v) is 7.00. The molecule has 2 heterocycles. The van der Waals surface area contributed by atoms with Crippen molar-refractivity contribution in [2.75, 3.05) is 0 Å². The van der Waals surface area contributed by atoms with Crippen LogP contribution in [-0.2, 0) is 27.1 Å². The van der Waals surface area contributed by atoms with E-state index in [4.69, 9.17) is 4.42 Å². The molecule has 1 atom stereocenters. The molecule has 0 aliphatic carbocycles. The second-order valence-corrected chi connectivity index (χ2v) is 5.31. The number of aryl methyl sites for hydroxylation is 2. The molecule has 0 saturated heterocycles. The lowest BCUT2D eigenvalue weighted by Crippen LogP contribution is -2.40. The molecule has 0 bridgehead atoms. The van der Waals surface area contributed by atoms with E-state index < -0.39 is 0 Å². The average Bonchev–Trinajstić information content (AvgIpc) is 2.98. The van der Waals surface area contributed by atoms with Crippen molar-refractivity contribution in [3.05, 3.63) is 56.8 Å². The standard InChI is InChI=1S/C15H21N3O3/c1-11(6-7-13-5-4-8-21-13)16-9-12-10-17(2)15(20)18(3)14(12)19/h4-5,8,10-11,16H,6-7,9H2,1-3H3. The maximum atomic E-state index is 12.0. The van der Waals surface area contributed by atoms with E-state index in [1.165, 1.54) is 11.6 Å². The number of nitrogens with one attached hydrogen (secondary N) is 1. The maximum Gasteiger partial charge on any atom is 0.330 e. The smallest absolute Gasteiger partial charge is 0.330 e. The number of hydrogen-bond acceptors (Lipinski definition) is 4. The Morgan fingerprint density at radius 1 is 1.33 bits per heavy atom. The summed E-state index contributed by atoms with van der Waals surface area (Å²) in [4.78, 5) is 23.6. The van der Waals surface area contributed by atoms with Crippen LogP contribution in [0.5, 0.6) is 0 Å². The minimum atomic E-state index is -0.311. The summed E-state index contributed by atoms with van der Waals surface area (Å²) in [5.41, 5.74) is 0.0305. The molecule has 114 valence electrons. The number of nitrogens with zero attached hydrogens (tertiary/aromatic N) is 2. The highest BCUT2D eigenvalue weighted by molar-refractivity contribution is 5.05. The van der Waals surface area contributed by atoms with Crippen LogP contribution in [0, 0.1) is 0 Å². The van der Waals surface area contributed by atoms with Crippen LogP contribution in [0.15, 0.2) is 38.6 Å². The fourth-order valence-electron chi connectivity index (χ4n) is 2.20. The van der Waals surface area contributed by atoms with Gasteiger partial charge in [-0.15, -0.1) is 0 Å². The SMILES string of the molecule is CC(CCc1ccco1)NCc1cn(C)c(=O)n(C)c1=O. The molecular formula is C15H21N3O3. The molecule has 2 aromatic heterocycles. The Morgan fingerprint density at radius 3 is 2.76 bits per heavy atom. The summed E-state index contributed by atoms with van der Waals surface area (Å²) in [6.07, 6.45) is 5.03. The molecule has 0 aliphatic rings. The lowest BCUT2D eigenvalue weighted by atomic mass is 10.1. The summed E-state index contributed by atoms with van der Waals surface area (Å²) in [6.45, 7) is 2.51.